The van der Waals surface area contributed by atoms with Crippen LogP contribution in [0.2, 0.25) is 10.0 Å². The van der Waals surface area contributed by atoms with Crippen molar-refractivity contribution in [1.29, 1.82) is 0 Å². The number of carboxylic acid groups (broad SMARTS) is 1. The third kappa shape index (κ3) is 4.68. The molecular weight excluding hydrogens is 495 g/mol. The third-order valence-corrected chi connectivity index (χ3v) is 6.13. The number of fused-ring (bicyclic) bond motifs is 1. The van der Waals surface area contributed by atoms with E-state index in [1.807, 2.05) is 0 Å². The van der Waals surface area contributed by atoms with Crippen LogP contribution in [-0.2, 0) is 18.3 Å². The van der Waals surface area contributed by atoms with Crippen molar-refractivity contribution in [2.45, 2.75) is 12.5 Å². The van der Waals surface area contributed by atoms with Crippen LogP contribution in [0.4, 0.5) is 0 Å². The molecule has 0 bridgehead atoms. The van der Waals surface area contributed by atoms with Gasteiger partial charge in [-0.25, -0.2) is 14.2 Å². The van der Waals surface area contributed by atoms with E-state index in [-0.39, 0.29) is 22.0 Å². The standard InChI is InChI=1S/C24H18Cl2N4O5/c1-29-19-12-27-10-9-15(19)22(32)30(24(29)35)14-7-5-13(6-8-14)11-18(23(33)34)28-21(31)20-16(25)3-2-4-17(20)26/h2-10,12,18H,11H2,1H3,(H,28,31)(H,33,34)/t18-/m0/s1. The Morgan fingerprint density at radius 3 is 2.34 bits per heavy atom. The minimum Gasteiger partial charge on any atom is -0.480 e. The lowest BCUT2D eigenvalue weighted by Gasteiger charge is -2.16. The summed E-state index contributed by atoms with van der Waals surface area (Å²) >= 11 is 12.1. The van der Waals surface area contributed by atoms with E-state index in [9.17, 15) is 24.3 Å². The van der Waals surface area contributed by atoms with Crippen molar-refractivity contribution in [2.75, 3.05) is 0 Å². The second-order valence-corrected chi connectivity index (χ2v) is 8.52. The number of rotatable bonds is 6. The Balaban J connectivity index is 1.61. The maximum Gasteiger partial charge on any atom is 0.335 e. The third-order valence-electron chi connectivity index (χ3n) is 5.50. The SMILES string of the molecule is Cn1c(=O)n(-c2ccc(C[C@H](NC(=O)c3c(Cl)cccc3Cl)C(=O)O)cc2)c(=O)c2ccncc21. The molecule has 1 amide bonds. The number of halogens is 2. The number of carboxylic acids is 1. The zero-order valence-electron chi connectivity index (χ0n) is 18.2. The number of aryl methyl sites for hydroxylation is 1. The largest absolute Gasteiger partial charge is 0.480 e. The first-order valence-corrected chi connectivity index (χ1v) is 11.1. The van der Waals surface area contributed by atoms with Gasteiger partial charge in [-0.3, -0.25) is 19.1 Å². The number of amides is 1. The highest BCUT2D eigenvalue weighted by molar-refractivity contribution is 6.39. The van der Waals surface area contributed by atoms with Crippen LogP contribution in [-0.4, -0.2) is 37.1 Å². The molecule has 1 atom stereocenters. The van der Waals surface area contributed by atoms with Crippen molar-refractivity contribution in [3.63, 3.8) is 0 Å². The van der Waals surface area contributed by atoms with Crippen LogP contribution in [0.5, 0.6) is 0 Å². The molecule has 35 heavy (non-hydrogen) atoms. The predicted molar refractivity (Wildman–Crippen MR) is 132 cm³/mol. The topological polar surface area (TPSA) is 123 Å². The zero-order chi connectivity index (χ0) is 25.3. The number of benzene rings is 2. The molecule has 2 N–H and O–H groups in total. The Bertz CT molecular complexity index is 1560. The fourth-order valence-electron chi connectivity index (χ4n) is 3.68. The molecule has 2 aromatic carbocycles. The van der Waals surface area contributed by atoms with Crippen molar-refractivity contribution >= 4 is 46.0 Å². The van der Waals surface area contributed by atoms with E-state index in [4.69, 9.17) is 23.2 Å². The number of hydrogen-bond acceptors (Lipinski definition) is 5. The van der Waals surface area contributed by atoms with Crippen LogP contribution in [0.1, 0.15) is 15.9 Å². The minimum absolute atomic E-state index is 0.0147. The van der Waals surface area contributed by atoms with Gasteiger partial charge in [-0.1, -0.05) is 41.4 Å². The molecule has 11 heteroatoms. The Labute approximate surface area is 208 Å². The highest BCUT2D eigenvalue weighted by Gasteiger charge is 2.24. The summed E-state index contributed by atoms with van der Waals surface area (Å²) in [5.74, 6) is -1.97. The monoisotopic (exact) mass is 512 g/mol. The first kappa shape index (κ1) is 24.2. The van der Waals surface area contributed by atoms with Gasteiger partial charge >= 0.3 is 11.7 Å². The molecule has 9 nitrogen and oxygen atoms in total. The predicted octanol–water partition coefficient (Wildman–Crippen LogP) is 2.82. The molecule has 178 valence electrons. The summed E-state index contributed by atoms with van der Waals surface area (Å²) in [5, 5.41) is 12.6. The molecule has 0 aliphatic rings. The van der Waals surface area contributed by atoms with Gasteiger partial charge < -0.3 is 10.4 Å². The van der Waals surface area contributed by atoms with Crippen LogP contribution >= 0.6 is 23.2 Å². The molecule has 0 aliphatic heterocycles. The molecule has 0 saturated carbocycles. The summed E-state index contributed by atoms with van der Waals surface area (Å²) in [6.45, 7) is 0. The van der Waals surface area contributed by atoms with Crippen molar-refractivity contribution < 1.29 is 14.7 Å². The summed E-state index contributed by atoms with van der Waals surface area (Å²) in [4.78, 5) is 54.1. The average molecular weight is 513 g/mol. The normalized spacial score (nSPS) is 11.9. The first-order valence-electron chi connectivity index (χ1n) is 10.3. The van der Waals surface area contributed by atoms with E-state index >= 15 is 0 Å². The Hall–Kier alpha value is -3.95. The minimum atomic E-state index is -1.27. The summed E-state index contributed by atoms with van der Waals surface area (Å²) in [6.07, 6.45) is 2.86. The Morgan fingerprint density at radius 2 is 1.71 bits per heavy atom. The molecule has 0 fully saturated rings. The van der Waals surface area contributed by atoms with Crippen LogP contribution in [0.3, 0.4) is 0 Å². The molecule has 0 aliphatic carbocycles. The second-order valence-electron chi connectivity index (χ2n) is 7.71. The van der Waals surface area contributed by atoms with Crippen LogP contribution in [0.25, 0.3) is 16.6 Å². The average Bonchev–Trinajstić information content (AvgIpc) is 2.83. The van der Waals surface area contributed by atoms with Gasteiger partial charge in [0.25, 0.3) is 11.5 Å². The molecule has 4 rings (SSSR count). The Kier molecular flexibility index (Phi) is 6.72. The fraction of sp³-hybridized carbons (Fsp3) is 0.125. The number of aromatic nitrogens is 3. The van der Waals surface area contributed by atoms with E-state index in [1.165, 1.54) is 47.3 Å². The van der Waals surface area contributed by atoms with Crippen molar-refractivity contribution in [2.24, 2.45) is 7.05 Å². The van der Waals surface area contributed by atoms with Crippen LogP contribution in [0, 0.1) is 0 Å². The first-order chi connectivity index (χ1) is 16.7. The van der Waals surface area contributed by atoms with Crippen LogP contribution < -0.4 is 16.6 Å². The van der Waals surface area contributed by atoms with E-state index in [2.05, 4.69) is 10.3 Å². The molecule has 0 saturated heterocycles. The molecule has 2 heterocycles. The lowest BCUT2D eigenvalue weighted by Crippen LogP contribution is -2.42. The number of carbonyl (C=O) groups excluding carboxylic acids is 1. The van der Waals surface area contributed by atoms with Crippen LogP contribution in [0.15, 0.2) is 70.5 Å². The zero-order valence-corrected chi connectivity index (χ0v) is 19.7. The van der Waals surface area contributed by atoms with Gasteiger partial charge in [0, 0.05) is 19.7 Å². The summed E-state index contributed by atoms with van der Waals surface area (Å²) in [6, 6.07) is 11.0. The summed E-state index contributed by atoms with van der Waals surface area (Å²) in [7, 11) is 1.54. The fourth-order valence-corrected chi connectivity index (χ4v) is 4.25. The van der Waals surface area contributed by atoms with E-state index in [1.54, 1.807) is 25.2 Å². The highest BCUT2D eigenvalue weighted by Crippen LogP contribution is 2.24. The summed E-state index contributed by atoms with van der Waals surface area (Å²) in [5.41, 5.74) is 0.229. The molecular formula is C24H18Cl2N4O5. The number of pyridine rings is 1. The van der Waals surface area contributed by atoms with Gasteiger partial charge in [0.1, 0.15) is 6.04 Å². The molecule has 0 radical (unpaired) electrons. The maximum absolute atomic E-state index is 12.9. The lowest BCUT2D eigenvalue weighted by atomic mass is 10.0. The van der Waals surface area contributed by atoms with E-state index in [0.29, 0.717) is 22.2 Å². The van der Waals surface area contributed by atoms with Crippen molar-refractivity contribution in [3.8, 4) is 5.69 Å². The van der Waals surface area contributed by atoms with Gasteiger partial charge in [0.05, 0.1) is 38.4 Å². The maximum atomic E-state index is 12.9. The van der Waals surface area contributed by atoms with E-state index < -0.39 is 29.2 Å². The van der Waals surface area contributed by atoms with Gasteiger partial charge in [-0.2, -0.15) is 0 Å². The van der Waals surface area contributed by atoms with Crippen molar-refractivity contribution in [3.05, 3.63) is 103 Å². The molecule has 0 unspecified atom stereocenters. The number of nitrogens with zero attached hydrogens (tertiary/aromatic N) is 3. The summed E-state index contributed by atoms with van der Waals surface area (Å²) < 4.78 is 2.36. The molecule has 0 spiro atoms. The molecule has 4 aromatic rings. The van der Waals surface area contributed by atoms with Crippen molar-refractivity contribution in [1.82, 2.24) is 19.4 Å². The van der Waals surface area contributed by atoms with E-state index in [0.717, 1.165) is 4.57 Å². The second kappa shape index (κ2) is 9.73. The quantitative estimate of drug-likeness (QED) is 0.409. The lowest BCUT2D eigenvalue weighted by molar-refractivity contribution is -0.139. The number of aliphatic carboxylic acids is 1. The highest BCUT2D eigenvalue weighted by atomic mass is 35.5. The molecule has 2 aromatic heterocycles. The van der Waals surface area contributed by atoms with Gasteiger partial charge in [-0.15, -0.1) is 0 Å². The van der Waals surface area contributed by atoms with Gasteiger partial charge in [-0.05, 0) is 35.9 Å². The number of nitrogens with one attached hydrogen (secondary N) is 1. The smallest absolute Gasteiger partial charge is 0.335 e. The van der Waals surface area contributed by atoms with Gasteiger partial charge in [0.15, 0.2) is 0 Å². The van der Waals surface area contributed by atoms with Gasteiger partial charge in [0.2, 0.25) is 0 Å². The number of hydrogen-bond donors (Lipinski definition) is 2. The number of carbonyl (C=O) groups is 2. The Morgan fingerprint density at radius 1 is 1.06 bits per heavy atom.